The van der Waals surface area contributed by atoms with Crippen molar-refractivity contribution in [2.45, 2.75) is 82.6 Å². The van der Waals surface area contributed by atoms with Crippen molar-refractivity contribution in [3.05, 3.63) is 171 Å². The molecular weight excluding hydrogens is 795 g/mol. The van der Waals surface area contributed by atoms with Crippen LogP contribution in [0.3, 0.4) is 0 Å². The fourth-order valence-electron chi connectivity index (χ4n) is 10.8. The molecule has 0 bridgehead atoms. The van der Waals surface area contributed by atoms with Crippen LogP contribution in [0.25, 0.3) is 10.9 Å². The molecular formula is C56H63N3O5. The maximum absolute atomic E-state index is 11.9. The molecule has 2 aliphatic heterocycles. The second kappa shape index (κ2) is 20.4. The summed E-state index contributed by atoms with van der Waals surface area (Å²) in [4.78, 5) is 4.95. The first-order chi connectivity index (χ1) is 31.4. The number of aliphatic hydroxyl groups excluding tert-OH is 1. The van der Waals surface area contributed by atoms with Crippen LogP contribution in [0.5, 0.6) is 17.2 Å². The molecule has 0 saturated carbocycles. The van der Waals surface area contributed by atoms with Gasteiger partial charge in [0, 0.05) is 59.1 Å². The van der Waals surface area contributed by atoms with Gasteiger partial charge in [0.15, 0.2) is 5.76 Å². The molecule has 64 heavy (non-hydrogen) atoms. The molecule has 2 saturated heterocycles. The summed E-state index contributed by atoms with van der Waals surface area (Å²) in [7, 11) is 0. The molecule has 0 spiro atoms. The fourth-order valence-corrected chi connectivity index (χ4v) is 10.8. The van der Waals surface area contributed by atoms with Crippen LogP contribution in [0.15, 0.2) is 132 Å². The van der Waals surface area contributed by atoms with Crippen molar-refractivity contribution in [1.82, 2.24) is 14.4 Å². The van der Waals surface area contributed by atoms with E-state index in [4.69, 9.17) is 9.47 Å². The first-order valence-electron chi connectivity index (χ1n) is 23.7. The van der Waals surface area contributed by atoms with E-state index in [1.165, 1.54) is 54.4 Å². The smallest absolute Gasteiger partial charge is 0.170 e. The van der Waals surface area contributed by atoms with Gasteiger partial charge in [0.05, 0.1) is 13.2 Å². The summed E-state index contributed by atoms with van der Waals surface area (Å²) in [5.41, 5.74) is 16.6. The van der Waals surface area contributed by atoms with E-state index in [2.05, 4.69) is 99.5 Å². The van der Waals surface area contributed by atoms with Gasteiger partial charge in [-0.15, -0.1) is 0 Å². The summed E-state index contributed by atoms with van der Waals surface area (Å²) in [6.45, 7) is 10.4. The average Bonchev–Trinajstić information content (AvgIpc) is 3.96. The van der Waals surface area contributed by atoms with Gasteiger partial charge in [0.25, 0.3) is 0 Å². The van der Waals surface area contributed by atoms with Crippen molar-refractivity contribution >= 4 is 10.9 Å². The summed E-state index contributed by atoms with van der Waals surface area (Å²) >= 11 is 0. The quantitative estimate of drug-likeness (QED) is 0.0634. The van der Waals surface area contributed by atoms with Crippen molar-refractivity contribution in [3.63, 3.8) is 0 Å². The number of aromatic hydroxyl groups is 2. The van der Waals surface area contributed by atoms with Crippen molar-refractivity contribution < 1.29 is 24.8 Å². The number of aromatic nitrogens is 1. The predicted molar refractivity (Wildman–Crippen MR) is 256 cm³/mol. The molecule has 0 radical (unpaired) electrons. The number of likely N-dealkylation sites (tertiary alicyclic amines) is 2. The molecule has 8 nitrogen and oxygen atoms in total. The van der Waals surface area contributed by atoms with Crippen LogP contribution in [0, 0.1) is 0 Å². The molecule has 2 fully saturated rings. The van der Waals surface area contributed by atoms with Gasteiger partial charge in [-0.2, -0.15) is 0 Å². The first-order valence-corrected chi connectivity index (χ1v) is 23.7. The Morgan fingerprint density at radius 2 is 1.50 bits per heavy atom. The highest BCUT2D eigenvalue weighted by atomic mass is 16.5. The minimum absolute atomic E-state index is 0.0642. The molecule has 5 aromatic rings. The summed E-state index contributed by atoms with van der Waals surface area (Å²) < 4.78 is 14.7. The molecule has 9 rings (SSSR count). The highest BCUT2D eigenvalue weighted by Crippen LogP contribution is 2.49. The summed E-state index contributed by atoms with van der Waals surface area (Å²) in [6.07, 6.45) is 16.5. The molecule has 0 amide bonds. The van der Waals surface area contributed by atoms with E-state index in [0.717, 1.165) is 91.2 Å². The molecule has 2 aliphatic carbocycles. The molecule has 4 aromatic carbocycles. The molecule has 332 valence electrons. The lowest BCUT2D eigenvalue weighted by atomic mass is 9.68. The van der Waals surface area contributed by atoms with E-state index in [1.54, 1.807) is 12.1 Å². The monoisotopic (exact) mass is 857 g/mol. The number of phenols is 2. The second-order valence-electron chi connectivity index (χ2n) is 18.1. The number of rotatable bonds is 17. The lowest BCUT2D eigenvalue weighted by Gasteiger charge is -2.36. The Labute approximate surface area is 378 Å². The van der Waals surface area contributed by atoms with E-state index < -0.39 is 0 Å². The van der Waals surface area contributed by atoms with Gasteiger partial charge in [-0.3, -0.25) is 9.80 Å². The minimum atomic E-state index is -0.0916. The van der Waals surface area contributed by atoms with Crippen LogP contribution in [0.1, 0.15) is 102 Å². The van der Waals surface area contributed by atoms with Crippen LogP contribution in [-0.4, -0.2) is 88.8 Å². The SMILES string of the molecule is CC(/C=C\CO)c1c(Cc2c(O)ccc3c2CC[C@H](c2ccccc2)[C@@H]3c2ccc(OCCN3CCCC3)cc2)c2cc(O)ccc2n1CC1=C=C=C(OCCN2CCCCC2)C=C1. The number of hydrogen-bond acceptors (Lipinski definition) is 7. The third-order valence-electron chi connectivity index (χ3n) is 14.0. The average molecular weight is 858 g/mol. The maximum Gasteiger partial charge on any atom is 0.170 e. The molecule has 1 aromatic heterocycles. The predicted octanol–water partition coefficient (Wildman–Crippen LogP) is 10.3. The van der Waals surface area contributed by atoms with Gasteiger partial charge in [-0.25, -0.2) is 0 Å². The lowest BCUT2D eigenvalue weighted by Crippen LogP contribution is -2.32. The van der Waals surface area contributed by atoms with Crippen LogP contribution in [-0.2, 0) is 24.1 Å². The number of nitrogens with zero attached hydrogens (tertiary/aromatic N) is 3. The molecule has 4 aliphatic rings. The largest absolute Gasteiger partial charge is 0.508 e. The normalized spacial score (nSPS) is 19.5. The number of benzene rings is 4. The standard InChI is InChI=1S/C56H63N3O5/c1-40(11-10-34-60)56-52(50-37-44(61)18-26-53(50)59(56)39-41-14-19-45(20-15-41)63-35-32-57-28-6-3-7-29-57)38-51-48-24-23-47(42-12-4-2-5-13-42)55(49(48)25-27-54(51)62)43-16-21-46(22-17-43)64-36-33-58-30-8-9-31-58/h2,4-5,10-14,16-19,21-22,25-27,37,40,47,55,60-62H,3,6-9,23-24,28-36,38-39H2,1H3/b11-10-/t40?,47-,55+/m1/s1. The number of aliphatic hydroxyl groups is 1. The summed E-state index contributed by atoms with van der Waals surface area (Å²) in [5, 5.41) is 33.8. The van der Waals surface area contributed by atoms with E-state index in [1.807, 2.05) is 30.4 Å². The Bertz CT molecular complexity index is 2560. The summed E-state index contributed by atoms with van der Waals surface area (Å²) in [5.74, 6) is 2.29. The Kier molecular flexibility index (Phi) is 13.9. The minimum Gasteiger partial charge on any atom is -0.508 e. The number of ether oxygens (including phenoxy) is 2. The van der Waals surface area contributed by atoms with Gasteiger partial charge >= 0.3 is 0 Å². The third-order valence-corrected chi connectivity index (χ3v) is 14.0. The van der Waals surface area contributed by atoms with E-state index in [9.17, 15) is 15.3 Å². The van der Waals surface area contributed by atoms with Crippen LogP contribution in [0.4, 0.5) is 0 Å². The fraction of sp³-hybridized carbons (Fsp3) is 0.393. The lowest BCUT2D eigenvalue weighted by molar-refractivity contribution is 0.149. The Morgan fingerprint density at radius 1 is 0.766 bits per heavy atom. The second-order valence-corrected chi connectivity index (χ2v) is 18.1. The van der Waals surface area contributed by atoms with Gasteiger partial charge in [-0.05, 0) is 153 Å². The molecule has 3 N–H and O–H groups in total. The third kappa shape index (κ3) is 9.83. The van der Waals surface area contributed by atoms with Crippen molar-refractivity contribution in [2.24, 2.45) is 0 Å². The number of allylic oxidation sites excluding steroid dienone is 4. The zero-order valence-corrected chi connectivity index (χ0v) is 37.4. The van der Waals surface area contributed by atoms with Crippen molar-refractivity contribution in [2.75, 3.05) is 59.1 Å². The molecule has 3 heterocycles. The van der Waals surface area contributed by atoms with E-state index in [-0.39, 0.29) is 35.9 Å². The maximum atomic E-state index is 11.9. The highest BCUT2D eigenvalue weighted by Gasteiger charge is 2.35. The van der Waals surface area contributed by atoms with Crippen molar-refractivity contribution in [3.8, 4) is 17.2 Å². The Morgan fingerprint density at radius 3 is 2.22 bits per heavy atom. The number of hydrogen-bond donors (Lipinski definition) is 3. The Hall–Kier alpha value is -5.72. The zero-order valence-electron chi connectivity index (χ0n) is 37.4. The van der Waals surface area contributed by atoms with E-state index >= 15 is 0 Å². The molecule has 1 unspecified atom stereocenters. The Balaban J connectivity index is 1.07. The first kappa shape index (κ1) is 43.5. The van der Waals surface area contributed by atoms with Gasteiger partial charge in [-0.1, -0.05) is 79.8 Å². The number of piperidine rings is 1. The van der Waals surface area contributed by atoms with Crippen LogP contribution < -0.4 is 4.74 Å². The van der Waals surface area contributed by atoms with Gasteiger partial charge in [0.1, 0.15) is 30.5 Å². The van der Waals surface area contributed by atoms with Gasteiger partial charge < -0.3 is 29.4 Å². The highest BCUT2D eigenvalue weighted by molar-refractivity contribution is 5.88. The van der Waals surface area contributed by atoms with Gasteiger partial charge in [0.2, 0.25) is 0 Å². The number of fused-ring (bicyclic) bond motifs is 2. The summed E-state index contributed by atoms with van der Waals surface area (Å²) in [6, 6.07) is 29.2. The zero-order chi connectivity index (χ0) is 43.8. The van der Waals surface area contributed by atoms with Crippen LogP contribution >= 0.6 is 0 Å². The molecule has 8 heteroatoms. The topological polar surface area (TPSA) is 90.6 Å². The van der Waals surface area contributed by atoms with E-state index in [0.29, 0.717) is 31.9 Å². The molecule has 3 atom stereocenters. The number of phenolic OH excluding ortho intramolecular Hbond substituents is 2. The van der Waals surface area contributed by atoms with Crippen LogP contribution in [0.2, 0.25) is 0 Å². The van der Waals surface area contributed by atoms with Crippen molar-refractivity contribution in [1.29, 1.82) is 0 Å².